The first kappa shape index (κ1) is 47.3. The molecule has 0 aliphatic heterocycles. The minimum atomic E-state index is 1.21. The lowest BCUT2D eigenvalue weighted by Gasteiger charge is -2.16. The van der Waals surface area contributed by atoms with Gasteiger partial charge in [-0.2, -0.15) is 0 Å². The van der Waals surface area contributed by atoms with E-state index in [-0.39, 0.29) is 0 Å². The molecule has 0 fully saturated rings. The van der Waals surface area contributed by atoms with Crippen molar-refractivity contribution in [2.45, 2.75) is 247 Å². The Morgan fingerprint density at radius 3 is 0.816 bits per heavy atom. The van der Waals surface area contributed by atoms with Gasteiger partial charge in [0.25, 0.3) is 0 Å². The molecule has 49 heavy (non-hydrogen) atoms. The highest BCUT2D eigenvalue weighted by atomic mass is 32.2. The zero-order valence-corrected chi connectivity index (χ0v) is 36.0. The number of hydrogen-bond donors (Lipinski definition) is 0. The van der Waals surface area contributed by atoms with E-state index in [0.29, 0.717) is 0 Å². The lowest BCUT2D eigenvalue weighted by Crippen LogP contribution is -1.92. The van der Waals surface area contributed by atoms with Crippen LogP contribution in [-0.2, 0) is 0 Å². The van der Waals surface area contributed by atoms with Gasteiger partial charge in [-0.15, -0.1) is 35.3 Å². The monoisotopic (exact) mass is 734 g/mol. The second kappa shape index (κ2) is 38.0. The second-order valence-electron chi connectivity index (χ2n) is 15.1. The van der Waals surface area contributed by atoms with Crippen LogP contribution in [0.15, 0.2) is 26.8 Å². The first-order valence-electron chi connectivity index (χ1n) is 22.1. The summed E-state index contributed by atoms with van der Waals surface area (Å²) in [4.78, 5) is 4.63. The third-order valence-corrected chi connectivity index (χ3v) is 13.8. The highest BCUT2D eigenvalue weighted by Crippen LogP contribution is 2.41. The summed E-state index contributed by atoms with van der Waals surface area (Å²) in [7, 11) is 0. The Labute approximate surface area is 322 Å². The highest BCUT2D eigenvalue weighted by Gasteiger charge is 2.12. The van der Waals surface area contributed by atoms with E-state index in [1.54, 1.807) is 4.90 Å². The zero-order chi connectivity index (χ0) is 35.3. The van der Waals surface area contributed by atoms with E-state index in [1.807, 2.05) is 0 Å². The van der Waals surface area contributed by atoms with Gasteiger partial charge in [0.05, 0.1) is 0 Å². The van der Waals surface area contributed by atoms with Crippen LogP contribution in [0.3, 0.4) is 0 Å². The van der Waals surface area contributed by atoms with Gasteiger partial charge in [0.2, 0.25) is 0 Å². The van der Waals surface area contributed by atoms with Crippen molar-refractivity contribution in [3.05, 3.63) is 24.6 Å². The molecule has 0 aliphatic rings. The van der Waals surface area contributed by atoms with E-state index in [0.717, 1.165) is 0 Å². The van der Waals surface area contributed by atoms with Gasteiger partial charge in [-0.25, -0.2) is 0 Å². The molecule has 0 saturated heterocycles. The molecular formula is C46H85S3. The minimum absolute atomic E-state index is 1.21. The van der Waals surface area contributed by atoms with Crippen LogP contribution in [0.1, 0.15) is 238 Å². The average molecular weight is 734 g/mol. The van der Waals surface area contributed by atoms with Crippen molar-refractivity contribution in [2.75, 3.05) is 17.3 Å². The Morgan fingerprint density at radius 2 is 0.551 bits per heavy atom. The molecule has 0 bridgehead atoms. The SMILES string of the molecule is [CH2]c1cc(SCCCCCCCCCCCCC)c(SCCCCCCCCCCCCC)c(SCCCCCCCCCCCCC)c1. The summed E-state index contributed by atoms with van der Waals surface area (Å²) >= 11 is 6.41. The summed E-state index contributed by atoms with van der Waals surface area (Å²) in [5, 5.41) is 0. The van der Waals surface area contributed by atoms with Gasteiger partial charge in [0.15, 0.2) is 0 Å². The maximum Gasteiger partial charge on any atom is 0.0344 e. The maximum absolute atomic E-state index is 4.43. The van der Waals surface area contributed by atoms with Gasteiger partial charge in [0.1, 0.15) is 0 Å². The molecule has 287 valence electrons. The average Bonchev–Trinajstić information content (AvgIpc) is 3.10. The first-order valence-corrected chi connectivity index (χ1v) is 25.1. The Kier molecular flexibility index (Phi) is 36.7. The van der Waals surface area contributed by atoms with E-state index in [9.17, 15) is 0 Å². The fourth-order valence-electron chi connectivity index (χ4n) is 6.82. The van der Waals surface area contributed by atoms with Crippen LogP contribution in [0, 0.1) is 6.92 Å². The molecule has 0 nitrogen and oxygen atoms in total. The molecule has 0 unspecified atom stereocenters. The van der Waals surface area contributed by atoms with Gasteiger partial charge < -0.3 is 0 Å². The topological polar surface area (TPSA) is 0 Å². The smallest absolute Gasteiger partial charge is 0.0344 e. The van der Waals surface area contributed by atoms with Gasteiger partial charge >= 0.3 is 0 Å². The van der Waals surface area contributed by atoms with Gasteiger partial charge in [-0.05, 0) is 61.1 Å². The Bertz CT molecular complexity index is 757. The van der Waals surface area contributed by atoms with E-state index >= 15 is 0 Å². The standard InChI is InChI=1S/C46H85S3/c1-5-8-11-14-17-20-23-26-29-32-35-38-47-44-41-43(4)42-45(48-39-36-33-30-27-24-21-18-15-12-9-6-2)46(44)49-40-37-34-31-28-25-22-19-16-13-10-7-3/h41-42H,4-40H2,1-3H3. The Balaban J connectivity index is 2.44. The maximum atomic E-state index is 4.43. The number of hydrogen-bond acceptors (Lipinski definition) is 3. The predicted octanol–water partition coefficient (Wildman–Crippen LogP) is 18.1. The summed E-state index contributed by atoms with van der Waals surface area (Å²) in [5.41, 5.74) is 1.21. The van der Waals surface area contributed by atoms with Crippen molar-refractivity contribution in [1.82, 2.24) is 0 Å². The van der Waals surface area contributed by atoms with E-state index in [1.165, 1.54) is 245 Å². The first-order chi connectivity index (χ1) is 24.2. The third-order valence-electron chi connectivity index (χ3n) is 10.1. The molecule has 0 spiro atoms. The molecule has 0 aliphatic carbocycles. The van der Waals surface area contributed by atoms with Crippen molar-refractivity contribution >= 4 is 35.3 Å². The van der Waals surface area contributed by atoms with Crippen LogP contribution in [-0.4, -0.2) is 17.3 Å². The highest BCUT2D eigenvalue weighted by molar-refractivity contribution is 8.03. The van der Waals surface area contributed by atoms with Crippen LogP contribution in [0.25, 0.3) is 0 Å². The Hall–Kier alpha value is 0.270. The number of rotatable bonds is 39. The molecular weight excluding hydrogens is 649 g/mol. The lowest BCUT2D eigenvalue weighted by molar-refractivity contribution is 0.555. The van der Waals surface area contributed by atoms with Crippen molar-refractivity contribution in [3.8, 4) is 0 Å². The van der Waals surface area contributed by atoms with Crippen molar-refractivity contribution in [1.29, 1.82) is 0 Å². The quantitative estimate of drug-likeness (QED) is 0.0488. The zero-order valence-electron chi connectivity index (χ0n) is 33.5. The summed E-state index contributed by atoms with van der Waals surface area (Å²) < 4.78 is 0. The third kappa shape index (κ3) is 30.4. The molecule has 0 N–H and O–H groups in total. The molecule has 1 aromatic rings. The fourth-order valence-corrected chi connectivity index (χ4v) is 10.6. The molecule has 0 saturated carbocycles. The van der Waals surface area contributed by atoms with Crippen molar-refractivity contribution in [2.24, 2.45) is 0 Å². The van der Waals surface area contributed by atoms with Crippen molar-refractivity contribution in [3.63, 3.8) is 0 Å². The normalized spacial score (nSPS) is 11.6. The van der Waals surface area contributed by atoms with E-state index in [4.69, 9.17) is 0 Å². The molecule has 1 aromatic carbocycles. The molecule has 0 atom stereocenters. The van der Waals surface area contributed by atoms with Gasteiger partial charge in [0, 0.05) is 14.7 Å². The van der Waals surface area contributed by atoms with Crippen LogP contribution in [0.4, 0.5) is 0 Å². The summed E-state index contributed by atoms with van der Waals surface area (Å²) in [6.07, 6.45) is 47.0. The lowest BCUT2D eigenvalue weighted by atomic mass is 10.1. The molecule has 1 radical (unpaired) electrons. The molecule has 0 heterocycles. The van der Waals surface area contributed by atoms with Crippen LogP contribution < -0.4 is 0 Å². The minimum Gasteiger partial charge on any atom is -0.125 e. The van der Waals surface area contributed by atoms with Crippen LogP contribution in [0.5, 0.6) is 0 Å². The fraction of sp³-hybridized carbons (Fsp3) is 0.848. The number of unbranched alkanes of at least 4 members (excludes halogenated alkanes) is 30. The summed E-state index contributed by atoms with van der Waals surface area (Å²) in [6, 6.07) is 4.80. The number of benzene rings is 1. The molecule has 3 heteroatoms. The van der Waals surface area contributed by atoms with Crippen molar-refractivity contribution < 1.29 is 0 Å². The largest absolute Gasteiger partial charge is 0.125 e. The Morgan fingerprint density at radius 1 is 0.327 bits per heavy atom. The van der Waals surface area contributed by atoms with Gasteiger partial charge in [-0.1, -0.05) is 213 Å². The van der Waals surface area contributed by atoms with E-state index in [2.05, 4.69) is 75.1 Å². The predicted molar refractivity (Wildman–Crippen MR) is 232 cm³/mol. The molecule has 1 rings (SSSR count). The molecule has 0 aromatic heterocycles. The number of thioether (sulfide) groups is 3. The molecule has 0 amide bonds. The summed E-state index contributed by atoms with van der Waals surface area (Å²) in [6.45, 7) is 11.4. The summed E-state index contributed by atoms with van der Waals surface area (Å²) in [5.74, 6) is 3.79. The van der Waals surface area contributed by atoms with Crippen LogP contribution >= 0.6 is 35.3 Å². The van der Waals surface area contributed by atoms with Crippen LogP contribution in [0.2, 0.25) is 0 Å². The van der Waals surface area contributed by atoms with E-state index < -0.39 is 0 Å². The van der Waals surface area contributed by atoms with Gasteiger partial charge in [-0.3, -0.25) is 0 Å². The second-order valence-corrected chi connectivity index (χ2v) is 18.5.